The second kappa shape index (κ2) is 16.1. The number of carbonyl (C=O) groups excluding carboxylic acids is 3. The Morgan fingerprint density at radius 1 is 0.767 bits per heavy atom. The number of amides is 2. The van der Waals surface area contributed by atoms with Gasteiger partial charge in [-0.05, 0) is 24.7 Å². The third-order valence-corrected chi connectivity index (χ3v) is 9.58. The molecule has 0 aromatic heterocycles. The number of rotatable bonds is 14. The summed E-state index contributed by atoms with van der Waals surface area (Å²) in [4.78, 5) is 47.5. The van der Waals surface area contributed by atoms with E-state index in [1.807, 2.05) is 27.7 Å². The third kappa shape index (κ3) is 8.49. The SMILES string of the molecule is CCC(CC)[C@H](NC(C)=O)[C@@H]1[C@H](O)[C@@H](C(=O)N[C@@H](C(CC)CC)[C@H]2[C@@H](O)[C@H](C(=O)OC)C[C@@H]2N=C(N)N)C[C@H]1N=C(N)N. The average molecular weight is 611 g/mol. The number of hydrogen-bond acceptors (Lipinski definition) is 8. The van der Waals surface area contributed by atoms with Gasteiger partial charge in [-0.3, -0.25) is 14.4 Å². The number of aliphatic hydroxyl groups is 2. The van der Waals surface area contributed by atoms with E-state index in [2.05, 4.69) is 20.6 Å². The van der Waals surface area contributed by atoms with Crippen molar-refractivity contribution in [2.45, 2.75) is 110 Å². The molecule has 14 heteroatoms. The number of nitrogens with two attached hydrogens (primary N) is 4. The second-order valence-corrected chi connectivity index (χ2v) is 12.0. The number of esters is 1. The molecule has 2 fully saturated rings. The molecule has 2 aliphatic carbocycles. The molecule has 2 amide bonds. The highest BCUT2D eigenvalue weighted by molar-refractivity contribution is 5.81. The lowest BCUT2D eigenvalue weighted by Gasteiger charge is -2.37. The summed E-state index contributed by atoms with van der Waals surface area (Å²) in [5.74, 6) is -4.82. The Balaban J connectivity index is 2.52. The van der Waals surface area contributed by atoms with Gasteiger partial charge in [-0.15, -0.1) is 0 Å². The summed E-state index contributed by atoms with van der Waals surface area (Å²) < 4.78 is 4.93. The van der Waals surface area contributed by atoms with Crippen LogP contribution >= 0.6 is 0 Å². The van der Waals surface area contributed by atoms with Crippen LogP contribution in [-0.4, -0.2) is 83.4 Å². The molecule has 12 N–H and O–H groups in total. The van der Waals surface area contributed by atoms with Crippen molar-refractivity contribution < 1.29 is 29.3 Å². The minimum atomic E-state index is -1.18. The Morgan fingerprint density at radius 2 is 1.16 bits per heavy atom. The molecule has 0 aromatic rings. The van der Waals surface area contributed by atoms with Gasteiger partial charge in [0.15, 0.2) is 11.9 Å². The fraction of sp³-hybridized carbons (Fsp3) is 0.828. The van der Waals surface area contributed by atoms with Crippen LogP contribution in [-0.2, 0) is 19.1 Å². The molecule has 2 rings (SSSR count). The zero-order valence-corrected chi connectivity index (χ0v) is 26.4. The molecule has 10 atom stereocenters. The predicted octanol–water partition coefficient (Wildman–Crippen LogP) is -0.701. The fourth-order valence-corrected chi connectivity index (χ4v) is 7.47. The average Bonchev–Trinajstić information content (AvgIpc) is 3.42. The number of methoxy groups -OCH3 is 1. The molecule has 0 spiro atoms. The van der Waals surface area contributed by atoms with Crippen molar-refractivity contribution in [1.82, 2.24) is 10.6 Å². The van der Waals surface area contributed by atoms with Crippen LogP contribution < -0.4 is 33.6 Å². The van der Waals surface area contributed by atoms with Gasteiger partial charge in [0.05, 0.1) is 43.2 Å². The number of carbonyl (C=O) groups is 3. The number of aliphatic hydroxyl groups excluding tert-OH is 2. The first-order chi connectivity index (χ1) is 20.2. The monoisotopic (exact) mass is 610 g/mol. The summed E-state index contributed by atoms with van der Waals surface area (Å²) in [7, 11) is 1.25. The molecule has 0 aromatic carbocycles. The number of guanidine groups is 2. The van der Waals surface area contributed by atoms with Crippen molar-refractivity contribution in [3.63, 3.8) is 0 Å². The van der Waals surface area contributed by atoms with Crippen molar-refractivity contribution in [1.29, 1.82) is 0 Å². The minimum absolute atomic E-state index is 0.0172. The van der Waals surface area contributed by atoms with Gasteiger partial charge in [-0.25, -0.2) is 9.98 Å². The molecule has 14 nitrogen and oxygen atoms in total. The zero-order valence-electron chi connectivity index (χ0n) is 26.4. The molecule has 0 bridgehead atoms. The summed E-state index contributed by atoms with van der Waals surface area (Å²) in [6, 6.07) is -2.36. The maximum atomic E-state index is 14.1. The summed E-state index contributed by atoms with van der Waals surface area (Å²) in [6.07, 6.45) is 0.745. The Hall–Kier alpha value is -3.13. The number of nitrogens with zero attached hydrogens (tertiary/aromatic N) is 2. The van der Waals surface area contributed by atoms with Crippen LogP contribution in [0.3, 0.4) is 0 Å². The van der Waals surface area contributed by atoms with Crippen molar-refractivity contribution in [2.75, 3.05) is 7.11 Å². The van der Waals surface area contributed by atoms with Gasteiger partial charge < -0.3 is 48.5 Å². The molecule has 2 aliphatic rings. The highest BCUT2D eigenvalue weighted by Gasteiger charge is 2.54. The lowest BCUT2D eigenvalue weighted by Crippen LogP contribution is -2.54. The van der Waals surface area contributed by atoms with Crippen LogP contribution in [0, 0.1) is 35.5 Å². The van der Waals surface area contributed by atoms with Crippen LogP contribution in [0.2, 0.25) is 0 Å². The maximum absolute atomic E-state index is 14.1. The van der Waals surface area contributed by atoms with Gasteiger partial charge in [0.25, 0.3) is 0 Å². The van der Waals surface area contributed by atoms with Crippen LogP contribution in [0.1, 0.15) is 73.1 Å². The lowest BCUT2D eigenvalue weighted by molar-refractivity contribution is -0.149. The Morgan fingerprint density at radius 3 is 1.53 bits per heavy atom. The lowest BCUT2D eigenvalue weighted by atomic mass is 9.79. The van der Waals surface area contributed by atoms with E-state index in [9.17, 15) is 24.6 Å². The van der Waals surface area contributed by atoms with Gasteiger partial charge in [-0.1, -0.05) is 53.4 Å². The van der Waals surface area contributed by atoms with E-state index in [4.69, 9.17) is 27.7 Å². The molecule has 0 unspecified atom stereocenters. The number of nitrogens with one attached hydrogen (secondary N) is 2. The number of ether oxygens (including phenoxy) is 1. The predicted molar refractivity (Wildman–Crippen MR) is 164 cm³/mol. The molecular formula is C29H54N8O6. The molecular weight excluding hydrogens is 556 g/mol. The molecule has 0 heterocycles. The van der Waals surface area contributed by atoms with Gasteiger partial charge >= 0.3 is 5.97 Å². The molecule has 0 aliphatic heterocycles. The van der Waals surface area contributed by atoms with Crippen LogP contribution in [0.25, 0.3) is 0 Å². The Bertz CT molecular complexity index is 1010. The first kappa shape index (κ1) is 36.1. The van der Waals surface area contributed by atoms with Gasteiger partial charge in [-0.2, -0.15) is 0 Å². The molecule has 0 saturated heterocycles. The van der Waals surface area contributed by atoms with E-state index in [0.29, 0.717) is 12.8 Å². The van der Waals surface area contributed by atoms with E-state index in [1.54, 1.807) is 0 Å². The molecule has 246 valence electrons. The standard InChI is InChI=1S/C29H54N8O6/c1-7-14(8-2)22(34-13(5)38)20-18(35-28(30)31)11-16(24(20)39)26(41)37-23(15(9-3)10-4)21-19(36-29(32)33)12-17(25(21)40)27(42)43-6/h14-25,39-40H,7-12H2,1-6H3,(H,34,38)(H,37,41)(H4,30,31,35)(H4,32,33,36)/t16-,17+,18+,19-,20+,21-,22-,23-,24+,25-/m0/s1. The van der Waals surface area contributed by atoms with E-state index in [0.717, 1.165) is 12.8 Å². The van der Waals surface area contributed by atoms with E-state index in [1.165, 1.54) is 14.0 Å². The van der Waals surface area contributed by atoms with Crippen molar-refractivity contribution >= 4 is 29.7 Å². The first-order valence-electron chi connectivity index (χ1n) is 15.4. The van der Waals surface area contributed by atoms with E-state index in [-0.39, 0.29) is 42.5 Å². The fourth-order valence-electron chi connectivity index (χ4n) is 7.47. The van der Waals surface area contributed by atoms with Crippen molar-refractivity contribution in [3.05, 3.63) is 0 Å². The third-order valence-electron chi connectivity index (χ3n) is 9.58. The number of aliphatic imine (C=N–C) groups is 2. The molecule has 43 heavy (non-hydrogen) atoms. The van der Waals surface area contributed by atoms with Crippen LogP contribution in [0.5, 0.6) is 0 Å². The summed E-state index contributed by atoms with van der Waals surface area (Å²) in [5.41, 5.74) is 23.0. The smallest absolute Gasteiger partial charge is 0.311 e. The summed E-state index contributed by atoms with van der Waals surface area (Å²) >= 11 is 0. The van der Waals surface area contributed by atoms with Crippen LogP contribution in [0.4, 0.5) is 0 Å². The summed E-state index contributed by atoms with van der Waals surface area (Å²) in [6.45, 7) is 9.38. The normalized spacial score (nSPS) is 30.0. The second-order valence-electron chi connectivity index (χ2n) is 12.0. The molecule has 2 saturated carbocycles. The Labute approximate surface area is 254 Å². The number of hydrogen-bond donors (Lipinski definition) is 8. The van der Waals surface area contributed by atoms with E-state index < -0.39 is 71.9 Å². The largest absolute Gasteiger partial charge is 0.469 e. The first-order valence-corrected chi connectivity index (χ1v) is 15.4. The topological polar surface area (TPSA) is 254 Å². The van der Waals surface area contributed by atoms with Gasteiger partial charge in [0.2, 0.25) is 11.8 Å². The van der Waals surface area contributed by atoms with Gasteiger partial charge in [0, 0.05) is 30.8 Å². The zero-order chi connectivity index (χ0) is 32.6. The highest BCUT2D eigenvalue weighted by atomic mass is 16.5. The van der Waals surface area contributed by atoms with Crippen LogP contribution in [0.15, 0.2) is 9.98 Å². The van der Waals surface area contributed by atoms with E-state index >= 15 is 0 Å². The quantitative estimate of drug-likeness (QED) is 0.0697. The van der Waals surface area contributed by atoms with Crippen molar-refractivity contribution in [3.8, 4) is 0 Å². The minimum Gasteiger partial charge on any atom is -0.469 e. The Kier molecular flexibility index (Phi) is 13.5. The van der Waals surface area contributed by atoms with Crippen molar-refractivity contribution in [2.24, 2.45) is 68.4 Å². The molecule has 0 radical (unpaired) electrons. The van der Waals surface area contributed by atoms with Gasteiger partial charge in [0.1, 0.15) is 0 Å². The summed E-state index contributed by atoms with van der Waals surface area (Å²) in [5, 5.41) is 29.2. The highest BCUT2D eigenvalue weighted by Crippen LogP contribution is 2.42. The maximum Gasteiger partial charge on any atom is 0.311 e.